The van der Waals surface area contributed by atoms with Crippen LogP contribution in [-0.2, 0) is 11.4 Å². The van der Waals surface area contributed by atoms with Crippen molar-refractivity contribution >= 4 is 17.7 Å². The number of carbonyl (C=O) groups is 1. The second-order valence-electron chi connectivity index (χ2n) is 6.84. The van der Waals surface area contributed by atoms with Crippen LogP contribution in [0.25, 0.3) is 6.08 Å². The summed E-state index contributed by atoms with van der Waals surface area (Å²) in [6.45, 7) is 4.62. The fourth-order valence-corrected chi connectivity index (χ4v) is 3.01. The number of hydrogen-bond acceptors (Lipinski definition) is 3. The summed E-state index contributed by atoms with van der Waals surface area (Å²) >= 11 is 0. The van der Waals surface area contributed by atoms with Crippen molar-refractivity contribution < 1.29 is 9.53 Å². The van der Waals surface area contributed by atoms with E-state index in [0.29, 0.717) is 12.3 Å². The van der Waals surface area contributed by atoms with Crippen LogP contribution < -0.4 is 10.1 Å². The minimum absolute atomic E-state index is 0.0396. The van der Waals surface area contributed by atoms with E-state index in [2.05, 4.69) is 37.4 Å². The van der Waals surface area contributed by atoms with Crippen molar-refractivity contribution in [2.45, 2.75) is 20.5 Å². The predicted molar refractivity (Wildman–Crippen MR) is 115 cm³/mol. The molecule has 3 aromatic carbocycles. The molecule has 1 amide bonds. The number of nitrogens with one attached hydrogen (secondary N) is 1. The summed E-state index contributed by atoms with van der Waals surface area (Å²) in [5, 5.41) is 12.1. The van der Waals surface area contributed by atoms with Gasteiger partial charge in [0.1, 0.15) is 24.0 Å². The van der Waals surface area contributed by atoms with Crippen LogP contribution in [-0.4, -0.2) is 5.91 Å². The number of amides is 1. The van der Waals surface area contributed by atoms with Crippen LogP contribution in [0.2, 0.25) is 0 Å². The third kappa shape index (κ3) is 5.82. The predicted octanol–water partition coefficient (Wildman–Crippen LogP) is 5.43. The van der Waals surface area contributed by atoms with E-state index in [-0.39, 0.29) is 5.57 Å². The first-order valence-electron chi connectivity index (χ1n) is 9.32. The number of ether oxygens (including phenoxy) is 1. The van der Waals surface area contributed by atoms with Crippen molar-refractivity contribution in [2.24, 2.45) is 0 Å². The molecule has 0 radical (unpaired) electrons. The van der Waals surface area contributed by atoms with Gasteiger partial charge in [0.25, 0.3) is 5.91 Å². The Bertz CT molecular complexity index is 1040. The van der Waals surface area contributed by atoms with Crippen LogP contribution in [0.15, 0.2) is 78.4 Å². The molecule has 0 saturated heterocycles. The maximum absolute atomic E-state index is 12.3. The Hall–Kier alpha value is -3.84. The fraction of sp³-hybridized carbons (Fsp3) is 0.120. The largest absolute Gasteiger partial charge is 0.489 e. The molecule has 0 aliphatic rings. The normalized spacial score (nSPS) is 10.9. The molecule has 0 spiro atoms. The molecular weight excluding hydrogens is 360 g/mol. The number of hydrogen-bond donors (Lipinski definition) is 1. The van der Waals surface area contributed by atoms with Crippen LogP contribution in [0.1, 0.15) is 22.3 Å². The SMILES string of the molecule is Cc1cc(C)cc(COc2ccc(/C=C(\C#N)C(=O)Nc3ccccc3)cc2)c1. The number of anilines is 1. The van der Waals surface area contributed by atoms with Crippen molar-refractivity contribution in [3.05, 3.63) is 101 Å². The van der Waals surface area contributed by atoms with Gasteiger partial charge >= 0.3 is 0 Å². The molecule has 144 valence electrons. The Morgan fingerprint density at radius 3 is 2.28 bits per heavy atom. The molecule has 0 unspecified atom stereocenters. The Balaban J connectivity index is 1.65. The lowest BCUT2D eigenvalue weighted by molar-refractivity contribution is -0.112. The molecule has 4 heteroatoms. The summed E-state index contributed by atoms with van der Waals surface area (Å²) in [5.41, 5.74) is 4.98. The third-order valence-corrected chi connectivity index (χ3v) is 4.27. The molecule has 4 nitrogen and oxygen atoms in total. The topological polar surface area (TPSA) is 62.1 Å². The highest BCUT2D eigenvalue weighted by atomic mass is 16.5. The molecule has 0 aliphatic heterocycles. The first kappa shape index (κ1) is 19.9. The molecular formula is C25H22N2O2. The fourth-order valence-electron chi connectivity index (χ4n) is 3.01. The van der Waals surface area contributed by atoms with Gasteiger partial charge in [-0.15, -0.1) is 0 Å². The molecule has 0 aromatic heterocycles. The number of benzene rings is 3. The summed E-state index contributed by atoms with van der Waals surface area (Å²) in [4.78, 5) is 12.3. The van der Waals surface area contributed by atoms with E-state index in [9.17, 15) is 10.1 Å². The van der Waals surface area contributed by atoms with Crippen LogP contribution in [0.5, 0.6) is 5.75 Å². The number of aryl methyl sites for hydroxylation is 2. The van der Waals surface area contributed by atoms with Crippen LogP contribution in [0.3, 0.4) is 0 Å². The molecule has 0 heterocycles. The average molecular weight is 382 g/mol. The Labute approximate surface area is 171 Å². The number of rotatable bonds is 6. The molecule has 0 fully saturated rings. The molecule has 0 aliphatic carbocycles. The standard InChI is InChI=1S/C25H22N2O2/c1-18-12-19(2)14-21(13-18)17-29-24-10-8-20(9-11-24)15-22(16-26)25(28)27-23-6-4-3-5-7-23/h3-15H,17H2,1-2H3,(H,27,28)/b22-15+. The van der Waals surface area contributed by atoms with Gasteiger partial charge in [0.05, 0.1) is 0 Å². The van der Waals surface area contributed by atoms with Gasteiger partial charge < -0.3 is 10.1 Å². The van der Waals surface area contributed by atoms with Crippen molar-refractivity contribution in [3.63, 3.8) is 0 Å². The van der Waals surface area contributed by atoms with Gasteiger partial charge in [0.2, 0.25) is 0 Å². The summed E-state index contributed by atoms with van der Waals surface area (Å²) in [6, 6.07) is 24.7. The number of nitriles is 1. The van der Waals surface area contributed by atoms with Gasteiger partial charge in [-0.05, 0) is 55.3 Å². The molecule has 29 heavy (non-hydrogen) atoms. The van der Waals surface area contributed by atoms with E-state index in [1.165, 1.54) is 11.1 Å². The summed E-state index contributed by atoms with van der Waals surface area (Å²) in [7, 11) is 0. The van der Waals surface area contributed by atoms with Crippen LogP contribution in [0, 0.1) is 25.2 Å². The highest BCUT2D eigenvalue weighted by Crippen LogP contribution is 2.18. The Morgan fingerprint density at radius 1 is 1.00 bits per heavy atom. The van der Waals surface area contributed by atoms with Crippen molar-refractivity contribution in [1.82, 2.24) is 0 Å². The first-order valence-corrected chi connectivity index (χ1v) is 9.32. The molecule has 3 rings (SSSR count). The zero-order chi connectivity index (χ0) is 20.6. The minimum atomic E-state index is -0.436. The second kappa shape index (κ2) is 9.38. The van der Waals surface area contributed by atoms with Gasteiger partial charge in [0.15, 0.2) is 0 Å². The maximum atomic E-state index is 12.3. The van der Waals surface area contributed by atoms with E-state index in [1.807, 2.05) is 48.5 Å². The number of carbonyl (C=O) groups excluding carboxylic acids is 1. The summed E-state index contributed by atoms with van der Waals surface area (Å²) in [6.07, 6.45) is 1.56. The molecule has 0 atom stereocenters. The van der Waals surface area contributed by atoms with E-state index in [0.717, 1.165) is 16.9 Å². The molecule has 3 aromatic rings. The van der Waals surface area contributed by atoms with Gasteiger partial charge in [-0.25, -0.2) is 0 Å². The van der Waals surface area contributed by atoms with E-state index in [4.69, 9.17) is 4.74 Å². The highest BCUT2D eigenvalue weighted by molar-refractivity contribution is 6.09. The smallest absolute Gasteiger partial charge is 0.266 e. The monoisotopic (exact) mass is 382 g/mol. The molecule has 0 saturated carbocycles. The van der Waals surface area contributed by atoms with Gasteiger partial charge in [0, 0.05) is 5.69 Å². The van der Waals surface area contributed by atoms with Crippen LogP contribution in [0.4, 0.5) is 5.69 Å². The first-order chi connectivity index (χ1) is 14.0. The van der Waals surface area contributed by atoms with Gasteiger partial charge in [-0.1, -0.05) is 59.7 Å². The number of nitrogens with zero attached hydrogens (tertiary/aromatic N) is 1. The Kier molecular flexibility index (Phi) is 6.44. The highest BCUT2D eigenvalue weighted by Gasteiger charge is 2.09. The molecule has 0 bridgehead atoms. The maximum Gasteiger partial charge on any atom is 0.266 e. The van der Waals surface area contributed by atoms with E-state index >= 15 is 0 Å². The summed E-state index contributed by atoms with van der Waals surface area (Å²) in [5.74, 6) is 0.294. The quantitative estimate of drug-likeness (QED) is 0.457. The second-order valence-corrected chi connectivity index (χ2v) is 6.84. The Morgan fingerprint density at radius 2 is 1.66 bits per heavy atom. The average Bonchev–Trinajstić information content (AvgIpc) is 2.71. The van der Waals surface area contributed by atoms with Crippen molar-refractivity contribution in [2.75, 3.05) is 5.32 Å². The lowest BCUT2D eigenvalue weighted by Crippen LogP contribution is -2.13. The minimum Gasteiger partial charge on any atom is -0.489 e. The van der Waals surface area contributed by atoms with Crippen molar-refractivity contribution in [3.8, 4) is 11.8 Å². The van der Waals surface area contributed by atoms with Gasteiger partial charge in [-0.3, -0.25) is 4.79 Å². The van der Waals surface area contributed by atoms with E-state index < -0.39 is 5.91 Å². The zero-order valence-electron chi connectivity index (χ0n) is 16.5. The zero-order valence-corrected chi connectivity index (χ0v) is 16.5. The lowest BCUT2D eigenvalue weighted by Gasteiger charge is -2.08. The van der Waals surface area contributed by atoms with Crippen LogP contribution >= 0.6 is 0 Å². The summed E-state index contributed by atoms with van der Waals surface area (Å²) < 4.78 is 5.85. The molecule has 1 N–H and O–H groups in total. The van der Waals surface area contributed by atoms with E-state index in [1.54, 1.807) is 18.2 Å². The lowest BCUT2D eigenvalue weighted by atomic mass is 10.1. The number of para-hydroxylation sites is 1. The van der Waals surface area contributed by atoms with Gasteiger partial charge in [-0.2, -0.15) is 5.26 Å². The van der Waals surface area contributed by atoms with Crippen molar-refractivity contribution in [1.29, 1.82) is 5.26 Å². The third-order valence-electron chi connectivity index (χ3n) is 4.27.